The number of nitrogens with zero attached hydrogens (tertiary/aromatic N) is 3. The van der Waals surface area contributed by atoms with Gasteiger partial charge in [-0.3, -0.25) is 14.2 Å². The van der Waals surface area contributed by atoms with Gasteiger partial charge < -0.3 is 9.32 Å². The summed E-state index contributed by atoms with van der Waals surface area (Å²) in [7, 11) is 0. The van der Waals surface area contributed by atoms with Crippen molar-refractivity contribution in [3.05, 3.63) is 28.0 Å². The summed E-state index contributed by atoms with van der Waals surface area (Å²) in [6.07, 6.45) is 5.83. The van der Waals surface area contributed by atoms with E-state index in [0.29, 0.717) is 29.2 Å². The lowest BCUT2D eigenvalue weighted by molar-refractivity contribution is 0.0761. The summed E-state index contributed by atoms with van der Waals surface area (Å²) < 4.78 is 7.18. The maximum Gasteiger partial charge on any atom is 0.265 e. The van der Waals surface area contributed by atoms with Crippen LogP contribution >= 0.6 is 0 Å². The molecule has 1 aliphatic rings. The van der Waals surface area contributed by atoms with Gasteiger partial charge in [-0.1, -0.05) is 26.7 Å². The molecule has 1 fully saturated rings. The highest BCUT2D eigenvalue weighted by Gasteiger charge is 2.27. The fourth-order valence-electron chi connectivity index (χ4n) is 3.35. The number of rotatable bonds is 3. The van der Waals surface area contributed by atoms with E-state index >= 15 is 0 Å². The lowest BCUT2D eigenvalue weighted by Crippen LogP contribution is -2.33. The van der Waals surface area contributed by atoms with Crippen molar-refractivity contribution < 1.29 is 9.21 Å². The number of aromatic nitrogens is 2. The smallest absolute Gasteiger partial charge is 0.265 e. The van der Waals surface area contributed by atoms with Gasteiger partial charge in [0.2, 0.25) is 5.71 Å². The van der Waals surface area contributed by atoms with Crippen LogP contribution in [0.1, 0.15) is 55.6 Å². The third-order valence-electron chi connectivity index (χ3n) is 4.52. The zero-order valence-corrected chi connectivity index (χ0v) is 14.7. The summed E-state index contributed by atoms with van der Waals surface area (Å²) in [5.41, 5.74) is 0.460. The number of fused-ring (bicyclic) bond motifs is 1. The van der Waals surface area contributed by atoms with E-state index in [1.54, 1.807) is 11.5 Å². The van der Waals surface area contributed by atoms with E-state index in [4.69, 9.17) is 4.42 Å². The van der Waals surface area contributed by atoms with Crippen molar-refractivity contribution >= 4 is 17.0 Å². The van der Waals surface area contributed by atoms with Crippen molar-refractivity contribution in [2.75, 3.05) is 13.1 Å². The number of carbonyl (C=O) groups is 1. The molecule has 2 aromatic heterocycles. The molecule has 0 radical (unpaired) electrons. The Morgan fingerprint density at radius 2 is 1.92 bits per heavy atom. The molecule has 0 atom stereocenters. The lowest BCUT2D eigenvalue weighted by Gasteiger charge is -2.20. The van der Waals surface area contributed by atoms with Gasteiger partial charge in [0, 0.05) is 19.6 Å². The second-order valence-electron chi connectivity index (χ2n) is 7.02. The summed E-state index contributed by atoms with van der Waals surface area (Å²) in [6, 6.07) is 0. The number of hydrogen-bond acceptors (Lipinski definition) is 4. The van der Waals surface area contributed by atoms with Crippen molar-refractivity contribution in [2.24, 2.45) is 5.92 Å². The van der Waals surface area contributed by atoms with E-state index < -0.39 is 0 Å². The Labute approximate surface area is 141 Å². The molecule has 130 valence electrons. The number of aryl methyl sites for hydroxylation is 1. The molecule has 1 amide bonds. The highest BCUT2D eigenvalue weighted by Crippen LogP contribution is 2.24. The zero-order valence-electron chi connectivity index (χ0n) is 14.7. The fourth-order valence-corrected chi connectivity index (χ4v) is 3.35. The number of amides is 1. The van der Waals surface area contributed by atoms with Gasteiger partial charge in [-0.2, -0.15) is 0 Å². The minimum absolute atomic E-state index is 0.102. The summed E-state index contributed by atoms with van der Waals surface area (Å²) >= 11 is 0. The average molecular weight is 331 g/mol. The molecule has 1 saturated heterocycles. The molecule has 3 heterocycles. The van der Waals surface area contributed by atoms with E-state index in [1.807, 2.05) is 18.7 Å². The molecule has 2 aromatic rings. The SMILES string of the molecule is Cc1oc2ncn(CC(C)C)c(=O)c2c1C(=O)N1CCCCCC1. The lowest BCUT2D eigenvalue weighted by atomic mass is 10.1. The predicted octanol–water partition coefficient (Wildman–Crippen LogP) is 2.97. The van der Waals surface area contributed by atoms with Crippen LogP contribution in [0, 0.1) is 12.8 Å². The van der Waals surface area contributed by atoms with Gasteiger partial charge in [-0.15, -0.1) is 0 Å². The quantitative estimate of drug-likeness (QED) is 0.867. The first-order valence-corrected chi connectivity index (χ1v) is 8.77. The van der Waals surface area contributed by atoms with Crippen LogP contribution in [0.3, 0.4) is 0 Å². The zero-order chi connectivity index (χ0) is 17.3. The van der Waals surface area contributed by atoms with Crippen molar-refractivity contribution in [3.63, 3.8) is 0 Å². The summed E-state index contributed by atoms with van der Waals surface area (Å²) in [4.78, 5) is 32.0. The van der Waals surface area contributed by atoms with Crippen molar-refractivity contribution in [2.45, 2.75) is 53.0 Å². The molecular weight excluding hydrogens is 306 g/mol. The average Bonchev–Trinajstić information content (AvgIpc) is 2.72. The molecule has 6 nitrogen and oxygen atoms in total. The normalized spacial score (nSPS) is 15.9. The van der Waals surface area contributed by atoms with Crippen molar-refractivity contribution in [3.8, 4) is 0 Å². The molecule has 0 bridgehead atoms. The Morgan fingerprint density at radius 3 is 2.54 bits per heavy atom. The molecule has 0 spiro atoms. The molecule has 0 unspecified atom stereocenters. The molecule has 3 rings (SSSR count). The van der Waals surface area contributed by atoms with Gasteiger partial charge in [0.25, 0.3) is 11.5 Å². The van der Waals surface area contributed by atoms with Gasteiger partial charge in [-0.05, 0) is 25.7 Å². The first-order chi connectivity index (χ1) is 11.5. The fraction of sp³-hybridized carbons (Fsp3) is 0.611. The molecule has 1 aliphatic heterocycles. The minimum atomic E-state index is -0.191. The Kier molecular flexibility index (Phi) is 4.73. The summed E-state index contributed by atoms with van der Waals surface area (Å²) in [5, 5.41) is 0.324. The Balaban J connectivity index is 2.07. The van der Waals surface area contributed by atoms with Crippen LogP contribution in [0.5, 0.6) is 0 Å². The molecule has 6 heteroatoms. The Hall–Kier alpha value is -2.11. The van der Waals surface area contributed by atoms with Crippen LogP contribution in [-0.2, 0) is 6.54 Å². The van der Waals surface area contributed by atoms with Gasteiger partial charge >= 0.3 is 0 Å². The number of likely N-dealkylation sites (tertiary alicyclic amines) is 1. The second-order valence-corrected chi connectivity index (χ2v) is 7.02. The van der Waals surface area contributed by atoms with E-state index in [0.717, 1.165) is 38.8 Å². The predicted molar refractivity (Wildman–Crippen MR) is 92.2 cm³/mol. The van der Waals surface area contributed by atoms with E-state index in [9.17, 15) is 9.59 Å². The molecule has 0 aliphatic carbocycles. The van der Waals surface area contributed by atoms with Crippen LogP contribution in [0.15, 0.2) is 15.5 Å². The number of hydrogen-bond donors (Lipinski definition) is 0. The monoisotopic (exact) mass is 331 g/mol. The van der Waals surface area contributed by atoms with Crippen LogP contribution < -0.4 is 5.56 Å². The summed E-state index contributed by atoms with van der Waals surface area (Å²) in [6.45, 7) is 7.88. The highest BCUT2D eigenvalue weighted by molar-refractivity contribution is 6.06. The van der Waals surface area contributed by atoms with Crippen molar-refractivity contribution in [1.82, 2.24) is 14.5 Å². The number of furan rings is 1. The minimum Gasteiger partial charge on any atom is -0.442 e. The van der Waals surface area contributed by atoms with E-state index in [2.05, 4.69) is 4.98 Å². The van der Waals surface area contributed by atoms with Gasteiger partial charge in [-0.25, -0.2) is 4.98 Å². The molecular formula is C18H25N3O3. The second kappa shape index (κ2) is 6.79. The Morgan fingerprint density at radius 1 is 1.25 bits per heavy atom. The van der Waals surface area contributed by atoms with Crippen LogP contribution in [-0.4, -0.2) is 33.4 Å². The van der Waals surface area contributed by atoms with Crippen LogP contribution in [0.2, 0.25) is 0 Å². The maximum absolute atomic E-state index is 13.0. The van der Waals surface area contributed by atoms with Crippen LogP contribution in [0.4, 0.5) is 0 Å². The van der Waals surface area contributed by atoms with E-state index in [1.165, 1.54) is 6.33 Å². The topological polar surface area (TPSA) is 68.3 Å². The third kappa shape index (κ3) is 3.09. The molecule has 0 saturated carbocycles. The Bertz CT molecular complexity index is 796. The maximum atomic E-state index is 13.0. The largest absolute Gasteiger partial charge is 0.442 e. The van der Waals surface area contributed by atoms with E-state index in [-0.39, 0.29) is 17.2 Å². The first-order valence-electron chi connectivity index (χ1n) is 8.77. The summed E-state index contributed by atoms with van der Waals surface area (Å²) in [5.74, 6) is 0.695. The molecule has 24 heavy (non-hydrogen) atoms. The molecule has 0 aromatic carbocycles. The highest BCUT2D eigenvalue weighted by atomic mass is 16.3. The number of carbonyl (C=O) groups excluding carboxylic acids is 1. The first kappa shape index (κ1) is 16.7. The van der Waals surface area contributed by atoms with Gasteiger partial charge in [0.05, 0.1) is 5.56 Å². The molecule has 0 N–H and O–H groups in total. The van der Waals surface area contributed by atoms with Gasteiger partial charge in [0.1, 0.15) is 17.5 Å². The standard InChI is InChI=1S/C18H25N3O3/c1-12(2)10-21-11-19-16-15(18(21)23)14(13(3)24-16)17(22)20-8-6-4-5-7-9-20/h11-12H,4-10H2,1-3H3. The van der Waals surface area contributed by atoms with Gasteiger partial charge in [0.15, 0.2) is 0 Å². The third-order valence-corrected chi connectivity index (χ3v) is 4.52. The van der Waals surface area contributed by atoms with Crippen LogP contribution in [0.25, 0.3) is 11.1 Å². The van der Waals surface area contributed by atoms with Crippen molar-refractivity contribution in [1.29, 1.82) is 0 Å².